The number of hydrogen-bond donors (Lipinski definition) is 1. The Bertz CT molecular complexity index is 1430. The third-order valence-electron chi connectivity index (χ3n) is 5.74. The van der Waals surface area contributed by atoms with Gasteiger partial charge < -0.3 is 9.88 Å². The van der Waals surface area contributed by atoms with Crippen LogP contribution in [0.25, 0.3) is 17.1 Å². The molecule has 8 nitrogen and oxygen atoms in total. The maximum absolute atomic E-state index is 12.8. The van der Waals surface area contributed by atoms with Crippen LogP contribution in [-0.4, -0.2) is 30.5 Å². The first-order valence-electron chi connectivity index (χ1n) is 10.9. The van der Waals surface area contributed by atoms with Gasteiger partial charge in [-0.25, -0.2) is 0 Å². The van der Waals surface area contributed by atoms with Crippen LogP contribution in [0.5, 0.6) is 0 Å². The number of aryl methyl sites for hydroxylation is 1. The largest absolute Gasteiger partial charge is 0.322 e. The normalized spacial score (nSPS) is 13.2. The molecule has 34 heavy (non-hydrogen) atoms. The number of fused-ring (bicyclic) bond motifs is 1. The second kappa shape index (κ2) is 9.40. The molecular formula is C24H20Cl2N6O2. The molecular weight excluding hydrogens is 475 g/mol. The van der Waals surface area contributed by atoms with E-state index in [0.717, 1.165) is 47.7 Å². The van der Waals surface area contributed by atoms with Crippen molar-refractivity contribution in [1.82, 2.24) is 24.5 Å². The monoisotopic (exact) mass is 494 g/mol. The van der Waals surface area contributed by atoms with Crippen molar-refractivity contribution in [3.8, 4) is 17.1 Å². The molecule has 0 radical (unpaired) electrons. The zero-order valence-electron chi connectivity index (χ0n) is 18.0. The van der Waals surface area contributed by atoms with E-state index in [1.165, 1.54) is 12.6 Å². The smallest absolute Gasteiger partial charge is 0.291 e. The molecule has 0 spiro atoms. The number of amides is 1. The minimum Gasteiger partial charge on any atom is -0.322 e. The molecule has 1 aliphatic rings. The number of rotatable bonds is 4. The lowest BCUT2D eigenvalue weighted by Gasteiger charge is -2.10. The molecule has 0 saturated carbocycles. The van der Waals surface area contributed by atoms with Crippen molar-refractivity contribution in [2.75, 3.05) is 5.32 Å². The quantitative estimate of drug-likeness (QED) is 0.440. The number of nitrogens with one attached hydrogen (secondary N) is 1. The second-order valence-electron chi connectivity index (χ2n) is 8.01. The van der Waals surface area contributed by atoms with Crippen LogP contribution in [0.4, 0.5) is 5.69 Å². The topological polar surface area (TPSA) is 94.7 Å². The average Bonchev–Trinajstić information content (AvgIpc) is 3.11. The van der Waals surface area contributed by atoms with Gasteiger partial charge in [-0.05, 0) is 49.2 Å². The average molecular weight is 495 g/mol. The van der Waals surface area contributed by atoms with Crippen molar-refractivity contribution in [2.45, 2.75) is 32.2 Å². The minimum absolute atomic E-state index is 0.0864. The predicted molar refractivity (Wildman–Crippen MR) is 131 cm³/mol. The van der Waals surface area contributed by atoms with Crippen LogP contribution in [0.3, 0.4) is 0 Å². The summed E-state index contributed by atoms with van der Waals surface area (Å²) in [5.74, 6) is 1.55. The van der Waals surface area contributed by atoms with E-state index in [1.54, 1.807) is 24.3 Å². The molecule has 0 saturated heterocycles. The van der Waals surface area contributed by atoms with E-state index in [1.807, 2.05) is 24.3 Å². The third kappa shape index (κ3) is 4.34. The van der Waals surface area contributed by atoms with Crippen LogP contribution < -0.4 is 10.9 Å². The summed E-state index contributed by atoms with van der Waals surface area (Å²) in [6.45, 7) is 0.900. The lowest BCUT2D eigenvalue weighted by Crippen LogP contribution is -2.21. The zero-order chi connectivity index (χ0) is 23.7. The van der Waals surface area contributed by atoms with Gasteiger partial charge in [0, 0.05) is 29.8 Å². The highest BCUT2D eigenvalue weighted by Gasteiger charge is 2.17. The third-order valence-corrected chi connectivity index (χ3v) is 6.49. The van der Waals surface area contributed by atoms with Crippen molar-refractivity contribution in [1.29, 1.82) is 0 Å². The van der Waals surface area contributed by atoms with Crippen LogP contribution in [0.15, 0.2) is 59.5 Å². The summed E-state index contributed by atoms with van der Waals surface area (Å²) in [5, 5.41) is 15.7. The van der Waals surface area contributed by atoms with Gasteiger partial charge in [0.2, 0.25) is 0 Å². The number of carbonyl (C=O) groups is 1. The fourth-order valence-corrected chi connectivity index (χ4v) is 4.24. The molecule has 10 heteroatoms. The molecule has 1 aliphatic heterocycles. The van der Waals surface area contributed by atoms with Gasteiger partial charge in [-0.2, -0.15) is 9.78 Å². The van der Waals surface area contributed by atoms with Crippen molar-refractivity contribution in [3.05, 3.63) is 86.5 Å². The highest BCUT2D eigenvalue weighted by atomic mass is 35.5. The van der Waals surface area contributed by atoms with E-state index >= 15 is 0 Å². The van der Waals surface area contributed by atoms with Crippen molar-refractivity contribution < 1.29 is 4.79 Å². The molecule has 0 bridgehead atoms. The molecule has 0 fully saturated rings. The number of halogens is 2. The van der Waals surface area contributed by atoms with E-state index in [2.05, 4.69) is 25.2 Å². The van der Waals surface area contributed by atoms with E-state index in [-0.39, 0.29) is 16.0 Å². The van der Waals surface area contributed by atoms with Gasteiger partial charge in [0.05, 0.1) is 16.9 Å². The van der Waals surface area contributed by atoms with Crippen LogP contribution in [0.2, 0.25) is 10.0 Å². The number of anilines is 1. The summed E-state index contributed by atoms with van der Waals surface area (Å²) in [6.07, 6.45) is 5.65. The molecule has 4 aromatic rings. The number of nitrogens with zero attached hydrogens (tertiary/aromatic N) is 5. The Labute approximate surface area is 205 Å². The Hall–Kier alpha value is -3.49. The maximum Gasteiger partial charge on any atom is 0.291 e. The van der Waals surface area contributed by atoms with E-state index in [9.17, 15) is 9.59 Å². The summed E-state index contributed by atoms with van der Waals surface area (Å²) in [6, 6.07) is 14.0. The zero-order valence-corrected chi connectivity index (χ0v) is 19.6. The summed E-state index contributed by atoms with van der Waals surface area (Å²) < 4.78 is 3.30. The Morgan fingerprint density at radius 2 is 1.82 bits per heavy atom. The van der Waals surface area contributed by atoms with Crippen molar-refractivity contribution in [3.63, 3.8) is 0 Å². The second-order valence-corrected chi connectivity index (χ2v) is 8.79. The summed E-state index contributed by atoms with van der Waals surface area (Å²) in [4.78, 5) is 25.1. The van der Waals surface area contributed by atoms with Crippen molar-refractivity contribution >= 4 is 34.8 Å². The van der Waals surface area contributed by atoms with Gasteiger partial charge >= 0.3 is 0 Å². The van der Waals surface area contributed by atoms with E-state index < -0.39 is 5.56 Å². The van der Waals surface area contributed by atoms with Gasteiger partial charge in [-0.3, -0.25) is 9.59 Å². The standard InChI is InChI=1S/C24H20Cl2N6O2/c25-19-14-27-32(24(34)21(19)26)18-10-8-15(9-11-18)23(33)28-17-6-4-5-16(13-17)22-30-29-20-7-2-1-3-12-31(20)22/h4-6,8-11,13-14H,1-3,7,12H2,(H,28,33). The fourth-order valence-electron chi connectivity index (χ4n) is 3.99. The van der Waals surface area contributed by atoms with Crippen molar-refractivity contribution in [2.24, 2.45) is 0 Å². The van der Waals surface area contributed by atoms with Gasteiger partial charge in [-0.15, -0.1) is 10.2 Å². The lowest BCUT2D eigenvalue weighted by atomic mass is 10.1. The minimum atomic E-state index is -0.533. The Morgan fingerprint density at radius 1 is 1.00 bits per heavy atom. The first-order valence-corrected chi connectivity index (χ1v) is 11.6. The van der Waals surface area contributed by atoms with Crippen LogP contribution in [-0.2, 0) is 13.0 Å². The summed E-state index contributed by atoms with van der Waals surface area (Å²) in [5.41, 5.74) is 1.92. The molecule has 1 amide bonds. The van der Waals surface area contributed by atoms with E-state index in [4.69, 9.17) is 23.2 Å². The highest BCUT2D eigenvalue weighted by molar-refractivity contribution is 6.41. The number of carbonyl (C=O) groups excluding carboxylic acids is 1. The molecule has 0 aliphatic carbocycles. The Morgan fingerprint density at radius 3 is 2.65 bits per heavy atom. The number of benzene rings is 2. The molecule has 3 heterocycles. The Balaban J connectivity index is 1.35. The SMILES string of the molecule is O=C(Nc1cccc(-c2nnc3n2CCCCC3)c1)c1ccc(-n2ncc(Cl)c(Cl)c2=O)cc1. The molecule has 0 unspecified atom stereocenters. The van der Waals surface area contributed by atoms with Gasteiger partial charge in [0.15, 0.2) is 5.82 Å². The van der Waals surface area contributed by atoms with Gasteiger partial charge in [-0.1, -0.05) is 41.8 Å². The van der Waals surface area contributed by atoms with Crippen LogP contribution in [0, 0.1) is 0 Å². The van der Waals surface area contributed by atoms with Gasteiger partial charge in [0.1, 0.15) is 10.8 Å². The maximum atomic E-state index is 12.8. The lowest BCUT2D eigenvalue weighted by molar-refractivity contribution is 0.102. The fraction of sp³-hybridized carbons (Fsp3) is 0.208. The number of aromatic nitrogens is 5. The molecule has 1 N–H and O–H groups in total. The molecule has 5 rings (SSSR count). The van der Waals surface area contributed by atoms with Gasteiger partial charge in [0.25, 0.3) is 11.5 Å². The number of hydrogen-bond acceptors (Lipinski definition) is 5. The van der Waals surface area contributed by atoms with E-state index in [0.29, 0.717) is 16.9 Å². The molecule has 0 atom stereocenters. The predicted octanol–water partition coefficient (Wildman–Crippen LogP) is 4.78. The molecule has 2 aromatic carbocycles. The molecule has 172 valence electrons. The first kappa shape index (κ1) is 22.3. The van der Waals surface area contributed by atoms with Crippen LogP contribution >= 0.6 is 23.2 Å². The Kier molecular flexibility index (Phi) is 6.17. The van der Waals surface area contributed by atoms with Crippen LogP contribution in [0.1, 0.15) is 35.4 Å². The summed E-state index contributed by atoms with van der Waals surface area (Å²) >= 11 is 11.8. The summed E-state index contributed by atoms with van der Waals surface area (Å²) in [7, 11) is 0. The molecule has 2 aromatic heterocycles. The first-order chi connectivity index (χ1) is 16.5. The highest BCUT2D eigenvalue weighted by Crippen LogP contribution is 2.25.